The highest BCUT2D eigenvalue weighted by molar-refractivity contribution is 5.93. The average Bonchev–Trinajstić information content (AvgIpc) is 2.43. The number of fused-ring (bicyclic) bond motifs is 1. The van der Waals surface area contributed by atoms with E-state index in [0.717, 1.165) is 5.56 Å². The zero-order chi connectivity index (χ0) is 16.5. The highest BCUT2D eigenvalue weighted by atomic mass is 16.5. The zero-order valence-corrected chi connectivity index (χ0v) is 13.1. The number of phenolic OH excluding ortho intramolecular Hbond substituents is 1. The molecule has 2 N–H and O–H groups in total. The quantitative estimate of drug-likeness (QED) is 0.836. The summed E-state index contributed by atoms with van der Waals surface area (Å²) in [5, 5.41) is 12.4. The Morgan fingerprint density at radius 2 is 2.09 bits per heavy atom. The molecule has 1 aromatic carbocycles. The molecule has 0 spiro atoms. The first kappa shape index (κ1) is 15.9. The van der Waals surface area contributed by atoms with Gasteiger partial charge in [0.05, 0.1) is 24.8 Å². The molecule has 2 amide bonds. The van der Waals surface area contributed by atoms with Gasteiger partial charge in [-0.25, -0.2) is 4.79 Å². The van der Waals surface area contributed by atoms with Crippen LogP contribution in [0.1, 0.15) is 26.3 Å². The van der Waals surface area contributed by atoms with Gasteiger partial charge in [0.25, 0.3) is 0 Å². The molecule has 0 aliphatic carbocycles. The van der Waals surface area contributed by atoms with Gasteiger partial charge < -0.3 is 19.9 Å². The van der Waals surface area contributed by atoms with E-state index in [1.165, 1.54) is 18.1 Å². The summed E-state index contributed by atoms with van der Waals surface area (Å²) in [5.74, 6) is -0.106. The number of aromatic hydroxyl groups is 1. The molecule has 7 heteroatoms. The number of ether oxygens (including phenoxy) is 2. The van der Waals surface area contributed by atoms with Crippen LogP contribution in [0.15, 0.2) is 12.1 Å². The Hall–Kier alpha value is -2.44. The average molecular weight is 308 g/mol. The first-order valence-corrected chi connectivity index (χ1v) is 6.85. The second-order valence-electron chi connectivity index (χ2n) is 6.12. The maximum absolute atomic E-state index is 12.0. The van der Waals surface area contributed by atoms with Gasteiger partial charge in [-0.15, -0.1) is 0 Å². The van der Waals surface area contributed by atoms with Crippen molar-refractivity contribution in [3.05, 3.63) is 17.7 Å². The van der Waals surface area contributed by atoms with Crippen molar-refractivity contribution in [3.8, 4) is 11.5 Å². The lowest BCUT2D eigenvalue weighted by Gasteiger charge is -2.30. The topological polar surface area (TPSA) is 88.1 Å². The maximum atomic E-state index is 12.0. The monoisotopic (exact) mass is 308 g/mol. The van der Waals surface area contributed by atoms with Gasteiger partial charge in [-0.3, -0.25) is 9.69 Å². The van der Waals surface area contributed by atoms with Crippen LogP contribution in [0.5, 0.6) is 11.5 Å². The number of anilines is 1. The predicted molar refractivity (Wildman–Crippen MR) is 79.6 cm³/mol. The summed E-state index contributed by atoms with van der Waals surface area (Å²) in [4.78, 5) is 25.1. The SMILES string of the molecule is COc1cc2c(cc1O)NC(=O)N(COC(=O)C(C)(C)C)C2. The first-order chi connectivity index (χ1) is 10.2. The second kappa shape index (κ2) is 5.75. The van der Waals surface area contributed by atoms with Crippen molar-refractivity contribution >= 4 is 17.7 Å². The summed E-state index contributed by atoms with van der Waals surface area (Å²) < 4.78 is 10.2. The molecule has 1 aliphatic heterocycles. The molecule has 7 nitrogen and oxygen atoms in total. The molecule has 0 radical (unpaired) electrons. The normalized spacial score (nSPS) is 14.2. The van der Waals surface area contributed by atoms with Crippen molar-refractivity contribution in [1.29, 1.82) is 0 Å². The molecule has 120 valence electrons. The van der Waals surface area contributed by atoms with Crippen LogP contribution in [0.3, 0.4) is 0 Å². The number of nitrogens with zero attached hydrogens (tertiary/aromatic N) is 1. The standard InChI is InChI=1S/C15H20N2O5/c1-15(2,3)13(19)22-8-17-7-9-5-12(21-4)11(18)6-10(9)16-14(17)20/h5-6,18H,7-8H2,1-4H3,(H,16,20). The van der Waals surface area contributed by atoms with Crippen LogP contribution < -0.4 is 10.1 Å². The summed E-state index contributed by atoms with van der Waals surface area (Å²) in [7, 11) is 1.45. The molecule has 1 aromatic rings. The van der Waals surface area contributed by atoms with Gasteiger partial charge in [-0.1, -0.05) is 0 Å². The summed E-state index contributed by atoms with van der Waals surface area (Å²) in [6, 6.07) is 2.69. The summed E-state index contributed by atoms with van der Waals surface area (Å²) >= 11 is 0. The minimum atomic E-state index is -0.626. The largest absolute Gasteiger partial charge is 0.504 e. The second-order valence-corrected chi connectivity index (χ2v) is 6.12. The Labute approximate surface area is 128 Å². The molecule has 0 bridgehead atoms. The number of esters is 1. The summed E-state index contributed by atoms with van der Waals surface area (Å²) in [5.41, 5.74) is 0.655. The third kappa shape index (κ3) is 3.24. The van der Waals surface area contributed by atoms with Crippen LogP contribution in [-0.2, 0) is 16.1 Å². The van der Waals surface area contributed by atoms with Crippen molar-refractivity contribution in [2.45, 2.75) is 27.3 Å². The number of urea groups is 1. The lowest BCUT2D eigenvalue weighted by Crippen LogP contribution is -2.41. The van der Waals surface area contributed by atoms with E-state index in [1.807, 2.05) is 0 Å². The van der Waals surface area contributed by atoms with Crippen LogP contribution in [0, 0.1) is 5.41 Å². The lowest BCUT2D eigenvalue weighted by molar-refractivity contribution is -0.156. The molecule has 1 aliphatic rings. The summed E-state index contributed by atoms with van der Waals surface area (Å²) in [6.07, 6.45) is 0. The van der Waals surface area contributed by atoms with Crippen molar-refractivity contribution in [3.63, 3.8) is 0 Å². The fourth-order valence-corrected chi connectivity index (χ4v) is 1.95. The van der Waals surface area contributed by atoms with Gasteiger partial charge in [-0.2, -0.15) is 0 Å². The highest BCUT2D eigenvalue weighted by Gasteiger charge is 2.28. The number of amides is 2. The maximum Gasteiger partial charge on any atom is 0.324 e. The number of nitrogens with one attached hydrogen (secondary N) is 1. The van der Waals surface area contributed by atoms with Gasteiger partial charge in [0.15, 0.2) is 18.2 Å². The number of hydrogen-bond donors (Lipinski definition) is 2. The van der Waals surface area contributed by atoms with Gasteiger partial charge >= 0.3 is 12.0 Å². The van der Waals surface area contributed by atoms with E-state index in [-0.39, 0.29) is 25.0 Å². The first-order valence-electron chi connectivity index (χ1n) is 6.85. The Kier molecular flexibility index (Phi) is 4.16. The Balaban J connectivity index is 2.11. The van der Waals surface area contributed by atoms with E-state index in [1.54, 1.807) is 26.8 Å². The smallest absolute Gasteiger partial charge is 0.324 e. The minimum absolute atomic E-state index is 0.0471. The molecule has 0 unspecified atom stereocenters. The molecular formula is C15H20N2O5. The van der Waals surface area contributed by atoms with Crippen molar-refractivity contribution in [2.24, 2.45) is 5.41 Å². The van der Waals surface area contributed by atoms with Crippen LogP contribution in [-0.4, -0.2) is 35.8 Å². The van der Waals surface area contributed by atoms with E-state index < -0.39 is 11.4 Å². The number of methoxy groups -OCH3 is 1. The van der Waals surface area contributed by atoms with E-state index in [2.05, 4.69) is 5.32 Å². The fraction of sp³-hybridized carbons (Fsp3) is 0.467. The van der Waals surface area contributed by atoms with Crippen LogP contribution in [0.2, 0.25) is 0 Å². The van der Waals surface area contributed by atoms with Crippen LogP contribution in [0.25, 0.3) is 0 Å². The van der Waals surface area contributed by atoms with E-state index in [0.29, 0.717) is 11.4 Å². The van der Waals surface area contributed by atoms with E-state index >= 15 is 0 Å². The Bertz CT molecular complexity index is 607. The number of carbonyl (C=O) groups excluding carboxylic acids is 2. The van der Waals surface area contributed by atoms with E-state index in [4.69, 9.17) is 9.47 Å². The molecule has 0 fully saturated rings. The number of hydrogen-bond acceptors (Lipinski definition) is 5. The van der Waals surface area contributed by atoms with Crippen molar-refractivity contribution < 1.29 is 24.2 Å². The molecule has 0 saturated carbocycles. The molecule has 0 saturated heterocycles. The molecule has 2 rings (SSSR count). The zero-order valence-electron chi connectivity index (χ0n) is 13.1. The fourth-order valence-electron chi connectivity index (χ4n) is 1.95. The van der Waals surface area contributed by atoms with Gasteiger partial charge in [0.1, 0.15) is 0 Å². The Morgan fingerprint density at radius 3 is 2.68 bits per heavy atom. The van der Waals surface area contributed by atoms with E-state index in [9.17, 15) is 14.7 Å². The van der Waals surface area contributed by atoms with Crippen LogP contribution in [0.4, 0.5) is 10.5 Å². The molecule has 0 aromatic heterocycles. The number of carbonyl (C=O) groups is 2. The molecule has 0 atom stereocenters. The lowest BCUT2D eigenvalue weighted by atomic mass is 9.97. The summed E-state index contributed by atoms with van der Waals surface area (Å²) in [6.45, 7) is 5.36. The third-order valence-electron chi connectivity index (χ3n) is 3.26. The number of rotatable bonds is 3. The Morgan fingerprint density at radius 1 is 1.41 bits per heavy atom. The van der Waals surface area contributed by atoms with Crippen molar-refractivity contribution in [2.75, 3.05) is 19.2 Å². The van der Waals surface area contributed by atoms with Gasteiger partial charge in [-0.05, 0) is 32.4 Å². The van der Waals surface area contributed by atoms with Gasteiger partial charge in [0.2, 0.25) is 0 Å². The minimum Gasteiger partial charge on any atom is -0.504 e. The highest BCUT2D eigenvalue weighted by Crippen LogP contribution is 2.35. The van der Waals surface area contributed by atoms with Crippen LogP contribution >= 0.6 is 0 Å². The third-order valence-corrected chi connectivity index (χ3v) is 3.26. The van der Waals surface area contributed by atoms with Gasteiger partial charge in [0, 0.05) is 6.07 Å². The molecule has 1 heterocycles. The predicted octanol–water partition coefficient (Wildman–Crippen LogP) is 2.30. The van der Waals surface area contributed by atoms with Crippen molar-refractivity contribution in [1.82, 2.24) is 4.90 Å². The molecule has 22 heavy (non-hydrogen) atoms. The number of benzene rings is 1. The number of phenols is 1. The molecular weight excluding hydrogens is 288 g/mol.